The number of hydroxylamine groups is 1. The predicted molar refractivity (Wildman–Crippen MR) is 115 cm³/mol. The number of para-hydroxylation sites is 1. The molecule has 0 aliphatic carbocycles. The van der Waals surface area contributed by atoms with Crippen molar-refractivity contribution in [3.8, 4) is 5.75 Å². The molecule has 0 saturated carbocycles. The number of ether oxygens (including phenoxy) is 1. The fourth-order valence-corrected chi connectivity index (χ4v) is 4.19. The average Bonchev–Trinajstić information content (AvgIpc) is 3.27. The number of hydrogen-bond donors (Lipinski definition) is 0. The average molecular weight is 408 g/mol. The molecular formula is C24H28N2O4. The number of carbonyl (C=O) groups is 2. The van der Waals surface area contributed by atoms with Crippen LogP contribution in [0.2, 0.25) is 0 Å². The Kier molecular flexibility index (Phi) is 6.04. The molecule has 6 heteroatoms. The Labute approximate surface area is 177 Å². The first-order valence-electron chi connectivity index (χ1n) is 10.8. The van der Waals surface area contributed by atoms with E-state index in [0.717, 1.165) is 37.1 Å². The Morgan fingerprint density at radius 2 is 1.63 bits per heavy atom. The molecule has 2 saturated heterocycles. The quantitative estimate of drug-likeness (QED) is 0.608. The first-order valence-corrected chi connectivity index (χ1v) is 10.8. The molecule has 0 N–H and O–H groups in total. The van der Waals surface area contributed by atoms with Crippen LogP contribution in [0.4, 0.5) is 11.4 Å². The van der Waals surface area contributed by atoms with Crippen molar-refractivity contribution in [2.45, 2.75) is 51.7 Å². The van der Waals surface area contributed by atoms with E-state index in [-0.39, 0.29) is 17.9 Å². The number of fused-ring (bicyclic) bond motifs is 1. The minimum absolute atomic E-state index is 0.161. The van der Waals surface area contributed by atoms with Gasteiger partial charge in [0.1, 0.15) is 5.75 Å². The summed E-state index contributed by atoms with van der Waals surface area (Å²) in [4.78, 5) is 33.9. The molecule has 4 rings (SSSR count). The molecule has 2 fully saturated rings. The fourth-order valence-electron chi connectivity index (χ4n) is 4.19. The van der Waals surface area contributed by atoms with Gasteiger partial charge < -0.3 is 4.74 Å². The van der Waals surface area contributed by atoms with Crippen LogP contribution < -0.4 is 14.7 Å². The molecule has 0 unspecified atom stereocenters. The van der Waals surface area contributed by atoms with Crippen LogP contribution >= 0.6 is 0 Å². The lowest BCUT2D eigenvalue weighted by Gasteiger charge is -2.28. The summed E-state index contributed by atoms with van der Waals surface area (Å²) < 4.78 is 5.61. The molecule has 2 heterocycles. The third kappa shape index (κ3) is 3.67. The van der Waals surface area contributed by atoms with Crippen molar-refractivity contribution in [3.63, 3.8) is 0 Å². The Morgan fingerprint density at radius 3 is 2.30 bits per heavy atom. The zero-order chi connectivity index (χ0) is 21.1. The Bertz CT molecular complexity index is 884. The lowest BCUT2D eigenvalue weighted by molar-refractivity contribution is -0.126. The molecule has 0 radical (unpaired) electrons. The van der Waals surface area contributed by atoms with Crippen molar-refractivity contribution in [1.29, 1.82) is 0 Å². The highest BCUT2D eigenvalue weighted by atomic mass is 16.7. The van der Waals surface area contributed by atoms with Gasteiger partial charge in [0.15, 0.2) is 6.10 Å². The van der Waals surface area contributed by atoms with Crippen LogP contribution in [0.3, 0.4) is 0 Å². The smallest absolute Gasteiger partial charge is 0.266 e. The van der Waals surface area contributed by atoms with Crippen molar-refractivity contribution in [3.05, 3.63) is 54.6 Å². The maximum atomic E-state index is 13.4. The molecule has 2 aromatic rings. The number of rotatable bonds is 8. The van der Waals surface area contributed by atoms with E-state index in [2.05, 4.69) is 6.92 Å². The Hall–Kier alpha value is -2.86. The Morgan fingerprint density at radius 1 is 0.900 bits per heavy atom. The van der Waals surface area contributed by atoms with Crippen LogP contribution in [-0.4, -0.2) is 30.6 Å². The molecule has 2 aliphatic rings. The normalized spacial score (nSPS) is 23.2. The minimum atomic E-state index is -0.782. The van der Waals surface area contributed by atoms with Crippen LogP contribution in [0.5, 0.6) is 5.75 Å². The lowest BCUT2D eigenvalue weighted by atomic mass is 9.92. The van der Waals surface area contributed by atoms with Gasteiger partial charge in [-0.2, -0.15) is 0 Å². The van der Waals surface area contributed by atoms with Crippen molar-refractivity contribution < 1.29 is 19.2 Å². The van der Waals surface area contributed by atoms with Crippen molar-refractivity contribution in [2.75, 3.05) is 16.6 Å². The predicted octanol–water partition coefficient (Wildman–Crippen LogP) is 4.34. The van der Waals surface area contributed by atoms with Crippen molar-refractivity contribution >= 4 is 23.2 Å². The molecule has 30 heavy (non-hydrogen) atoms. The molecule has 0 bridgehead atoms. The van der Waals surface area contributed by atoms with Gasteiger partial charge in [0.2, 0.25) is 5.91 Å². The molecular weight excluding hydrogens is 380 g/mol. The van der Waals surface area contributed by atoms with Crippen molar-refractivity contribution in [1.82, 2.24) is 0 Å². The summed E-state index contributed by atoms with van der Waals surface area (Å²) in [5.41, 5.74) is 1.44. The molecule has 2 amide bonds. The molecule has 2 aliphatic heterocycles. The van der Waals surface area contributed by atoms with E-state index in [4.69, 9.17) is 9.57 Å². The van der Waals surface area contributed by atoms with Crippen LogP contribution in [0, 0.1) is 5.92 Å². The van der Waals surface area contributed by atoms with Gasteiger partial charge in [-0.3, -0.25) is 14.4 Å². The highest BCUT2D eigenvalue weighted by Crippen LogP contribution is 2.42. The number of nitrogens with zero attached hydrogens (tertiary/aromatic N) is 2. The van der Waals surface area contributed by atoms with Crippen LogP contribution in [-0.2, 0) is 14.4 Å². The van der Waals surface area contributed by atoms with Gasteiger partial charge in [0.05, 0.1) is 29.9 Å². The number of carbonyl (C=O) groups excluding carboxylic acids is 2. The SMILES string of the molecule is CCCC[C@@H]1[C@H]2C(=O)N(c3ccc(OCCC)cc3)C(=O)[C@H]2ON1c1ccccc1. The highest BCUT2D eigenvalue weighted by Gasteiger charge is 2.59. The molecule has 2 aromatic carbocycles. The number of imide groups is 1. The van der Waals surface area contributed by atoms with Gasteiger partial charge in [0, 0.05) is 0 Å². The van der Waals surface area contributed by atoms with Crippen LogP contribution in [0.15, 0.2) is 54.6 Å². The van der Waals surface area contributed by atoms with E-state index >= 15 is 0 Å². The summed E-state index contributed by atoms with van der Waals surface area (Å²) in [7, 11) is 0. The molecule has 6 nitrogen and oxygen atoms in total. The van der Waals surface area contributed by atoms with Crippen molar-refractivity contribution in [2.24, 2.45) is 5.92 Å². The summed E-state index contributed by atoms with van der Waals surface area (Å²) >= 11 is 0. The number of benzene rings is 2. The van der Waals surface area contributed by atoms with E-state index in [9.17, 15) is 9.59 Å². The van der Waals surface area contributed by atoms with Gasteiger partial charge in [-0.15, -0.1) is 0 Å². The Balaban J connectivity index is 1.58. The third-order valence-electron chi connectivity index (χ3n) is 5.67. The number of hydrogen-bond acceptors (Lipinski definition) is 5. The molecule has 3 atom stereocenters. The lowest BCUT2D eigenvalue weighted by Crippen LogP contribution is -2.40. The second-order valence-corrected chi connectivity index (χ2v) is 7.78. The van der Waals surface area contributed by atoms with Gasteiger partial charge in [-0.25, -0.2) is 9.96 Å². The summed E-state index contributed by atoms with van der Waals surface area (Å²) in [6.07, 6.45) is 2.91. The van der Waals surface area contributed by atoms with E-state index < -0.39 is 12.0 Å². The topological polar surface area (TPSA) is 59.1 Å². The second-order valence-electron chi connectivity index (χ2n) is 7.78. The van der Waals surface area contributed by atoms with E-state index in [1.807, 2.05) is 37.3 Å². The summed E-state index contributed by atoms with van der Waals surface area (Å²) in [5.74, 6) is -0.258. The number of anilines is 2. The summed E-state index contributed by atoms with van der Waals surface area (Å²) in [5, 5.41) is 1.78. The van der Waals surface area contributed by atoms with E-state index in [0.29, 0.717) is 12.3 Å². The first kappa shape index (κ1) is 20.4. The monoisotopic (exact) mass is 408 g/mol. The zero-order valence-corrected chi connectivity index (χ0v) is 17.5. The fraction of sp³-hybridized carbons (Fsp3) is 0.417. The standard InChI is InChI=1S/C24H28N2O4/c1-3-5-11-20-21-22(30-26(20)18-9-7-6-8-10-18)24(28)25(23(21)27)17-12-14-19(15-13-17)29-16-4-2/h6-10,12-15,20-22H,3-5,11,16H2,1-2H3/t20-,21-,22+/m1/s1. The summed E-state index contributed by atoms with van der Waals surface area (Å²) in [6.45, 7) is 4.80. The molecule has 0 spiro atoms. The second kappa shape index (κ2) is 8.88. The van der Waals surface area contributed by atoms with Crippen LogP contribution in [0.25, 0.3) is 0 Å². The van der Waals surface area contributed by atoms with Gasteiger partial charge in [0.25, 0.3) is 5.91 Å². The zero-order valence-electron chi connectivity index (χ0n) is 17.5. The van der Waals surface area contributed by atoms with Crippen LogP contribution in [0.1, 0.15) is 39.5 Å². The third-order valence-corrected chi connectivity index (χ3v) is 5.67. The van der Waals surface area contributed by atoms with E-state index in [1.165, 1.54) is 4.90 Å². The van der Waals surface area contributed by atoms with E-state index in [1.54, 1.807) is 29.3 Å². The largest absolute Gasteiger partial charge is 0.494 e. The number of unbranched alkanes of at least 4 members (excludes halogenated alkanes) is 1. The summed E-state index contributed by atoms with van der Waals surface area (Å²) in [6, 6.07) is 16.7. The van der Waals surface area contributed by atoms with Gasteiger partial charge in [-0.1, -0.05) is 44.9 Å². The first-order chi connectivity index (χ1) is 14.7. The maximum Gasteiger partial charge on any atom is 0.266 e. The highest BCUT2D eigenvalue weighted by molar-refractivity contribution is 6.23. The maximum absolute atomic E-state index is 13.4. The van der Waals surface area contributed by atoms with Gasteiger partial charge in [-0.05, 0) is 49.2 Å². The molecule has 0 aromatic heterocycles. The van der Waals surface area contributed by atoms with Gasteiger partial charge >= 0.3 is 0 Å². The molecule has 158 valence electrons. The minimum Gasteiger partial charge on any atom is -0.494 e. The number of amides is 2.